The van der Waals surface area contributed by atoms with Crippen molar-refractivity contribution >= 4 is 22.8 Å². The van der Waals surface area contributed by atoms with Crippen molar-refractivity contribution in [3.05, 3.63) is 24.3 Å². The maximum absolute atomic E-state index is 11.3. The summed E-state index contributed by atoms with van der Waals surface area (Å²) in [5.74, 6) is -0.147. The number of carbonyl (C=O) groups is 1. The minimum absolute atomic E-state index is 0.0657. The molecule has 2 aliphatic heterocycles. The normalized spacial score (nSPS) is 29.3. The second kappa shape index (κ2) is 3.73. The van der Waals surface area contributed by atoms with Crippen LogP contribution in [-0.2, 0) is 4.79 Å². The summed E-state index contributed by atoms with van der Waals surface area (Å²) in [6.45, 7) is 0. The van der Waals surface area contributed by atoms with Crippen LogP contribution >= 0.6 is 0 Å². The average Bonchev–Trinajstić information content (AvgIpc) is 3.08. The molecule has 3 unspecified atom stereocenters. The topological polar surface area (TPSA) is 66.6 Å². The number of anilines is 1. The molecule has 4 rings (SSSR count). The number of hydrogen-bond acceptors (Lipinski definition) is 4. The molecule has 2 aliphatic rings. The average molecular weight is 258 g/mol. The second-order valence-corrected chi connectivity index (χ2v) is 5.39. The first-order valence-electron chi connectivity index (χ1n) is 6.61. The van der Waals surface area contributed by atoms with Crippen molar-refractivity contribution in [2.75, 3.05) is 4.90 Å². The Kier molecular flexibility index (Phi) is 2.13. The first-order chi connectivity index (χ1) is 9.25. The van der Waals surface area contributed by atoms with Gasteiger partial charge in [0, 0.05) is 12.1 Å². The second-order valence-electron chi connectivity index (χ2n) is 5.39. The zero-order valence-electron chi connectivity index (χ0n) is 10.3. The molecular formula is C14H14N2O3. The van der Waals surface area contributed by atoms with Gasteiger partial charge in [-0.25, -0.2) is 0 Å². The quantitative estimate of drug-likeness (QED) is 0.895. The van der Waals surface area contributed by atoms with E-state index in [1.165, 1.54) is 0 Å². The Morgan fingerprint density at radius 1 is 1.37 bits per heavy atom. The summed E-state index contributed by atoms with van der Waals surface area (Å²) in [6.07, 6.45) is 2.71. The molecule has 0 amide bonds. The Balaban J connectivity index is 1.79. The summed E-state index contributed by atoms with van der Waals surface area (Å²) in [6, 6.07) is 8.09. The smallest absolute Gasteiger partial charge is 0.308 e. The molecule has 0 saturated carbocycles. The van der Waals surface area contributed by atoms with Crippen LogP contribution in [0.5, 0.6) is 0 Å². The molecule has 1 N–H and O–H groups in total. The number of hydrogen-bond donors (Lipinski definition) is 1. The van der Waals surface area contributed by atoms with E-state index in [1.54, 1.807) is 0 Å². The lowest BCUT2D eigenvalue weighted by molar-refractivity contribution is -0.142. The van der Waals surface area contributed by atoms with Crippen LogP contribution in [0.15, 0.2) is 28.8 Å². The van der Waals surface area contributed by atoms with Crippen molar-refractivity contribution in [1.82, 2.24) is 5.16 Å². The number of fused-ring (bicyclic) bond motifs is 3. The van der Waals surface area contributed by atoms with Gasteiger partial charge in [0.25, 0.3) is 0 Å². The highest BCUT2D eigenvalue weighted by molar-refractivity contribution is 5.89. The number of rotatable bonds is 2. The van der Waals surface area contributed by atoms with Crippen molar-refractivity contribution in [3.63, 3.8) is 0 Å². The molecule has 0 radical (unpaired) electrons. The van der Waals surface area contributed by atoms with Crippen LogP contribution in [0, 0.1) is 5.92 Å². The highest BCUT2D eigenvalue weighted by Gasteiger charge is 2.50. The standard InChI is InChI=1S/C14H14N2O3/c17-14(18)10-7-8-5-6-11(10)16(8)13-9-3-1-2-4-12(9)19-15-13/h1-4,8,10-11H,5-7H2,(H,17,18). The Labute approximate surface area is 109 Å². The minimum atomic E-state index is -0.690. The lowest BCUT2D eigenvalue weighted by Crippen LogP contribution is -2.33. The van der Waals surface area contributed by atoms with Crippen molar-refractivity contribution in [2.24, 2.45) is 5.92 Å². The molecule has 1 aromatic carbocycles. The van der Waals surface area contributed by atoms with Gasteiger partial charge in [-0.15, -0.1) is 0 Å². The van der Waals surface area contributed by atoms with Crippen LogP contribution in [0.25, 0.3) is 11.0 Å². The van der Waals surface area contributed by atoms with E-state index < -0.39 is 5.97 Å². The van der Waals surface area contributed by atoms with E-state index in [0.717, 1.165) is 36.0 Å². The van der Waals surface area contributed by atoms with Gasteiger partial charge in [0.05, 0.1) is 11.3 Å². The van der Waals surface area contributed by atoms with Crippen LogP contribution in [0.3, 0.4) is 0 Å². The molecular weight excluding hydrogens is 244 g/mol. The van der Waals surface area contributed by atoms with Gasteiger partial charge in [0.15, 0.2) is 11.4 Å². The summed E-state index contributed by atoms with van der Waals surface area (Å²) in [4.78, 5) is 13.5. The van der Waals surface area contributed by atoms with Gasteiger partial charge in [-0.2, -0.15) is 0 Å². The van der Waals surface area contributed by atoms with E-state index in [0.29, 0.717) is 6.04 Å². The Morgan fingerprint density at radius 3 is 3.00 bits per heavy atom. The fraction of sp³-hybridized carbons (Fsp3) is 0.429. The molecule has 1 aromatic heterocycles. The van der Waals surface area contributed by atoms with Crippen LogP contribution in [0.2, 0.25) is 0 Å². The molecule has 3 atom stereocenters. The molecule has 3 heterocycles. The Bertz CT molecular complexity index is 651. The Hall–Kier alpha value is -2.04. The van der Waals surface area contributed by atoms with Gasteiger partial charge in [-0.1, -0.05) is 17.3 Å². The number of benzene rings is 1. The summed E-state index contributed by atoms with van der Waals surface area (Å²) >= 11 is 0. The highest BCUT2D eigenvalue weighted by Crippen LogP contribution is 2.45. The lowest BCUT2D eigenvalue weighted by Gasteiger charge is -2.22. The van der Waals surface area contributed by atoms with Gasteiger partial charge in [0.1, 0.15) is 0 Å². The van der Waals surface area contributed by atoms with E-state index in [4.69, 9.17) is 4.52 Å². The third-order valence-corrected chi connectivity index (χ3v) is 4.46. The first-order valence-corrected chi connectivity index (χ1v) is 6.61. The third kappa shape index (κ3) is 1.41. The van der Waals surface area contributed by atoms with E-state index in [-0.39, 0.29) is 12.0 Å². The molecule has 0 spiro atoms. The van der Waals surface area contributed by atoms with Crippen molar-refractivity contribution < 1.29 is 14.4 Å². The van der Waals surface area contributed by atoms with Crippen LogP contribution in [0.4, 0.5) is 5.82 Å². The predicted molar refractivity (Wildman–Crippen MR) is 69.0 cm³/mol. The minimum Gasteiger partial charge on any atom is -0.481 e. The van der Waals surface area contributed by atoms with Crippen LogP contribution < -0.4 is 4.90 Å². The fourth-order valence-electron chi connectivity index (χ4n) is 3.64. The molecule has 2 fully saturated rings. The highest BCUT2D eigenvalue weighted by atomic mass is 16.5. The number of carboxylic acids is 1. The van der Waals surface area contributed by atoms with Crippen molar-refractivity contribution in [1.29, 1.82) is 0 Å². The zero-order valence-corrected chi connectivity index (χ0v) is 10.3. The largest absolute Gasteiger partial charge is 0.481 e. The van der Waals surface area contributed by atoms with Crippen LogP contribution in [-0.4, -0.2) is 28.3 Å². The van der Waals surface area contributed by atoms with Crippen LogP contribution in [0.1, 0.15) is 19.3 Å². The predicted octanol–water partition coefficient (Wildman–Crippen LogP) is 2.27. The van der Waals surface area contributed by atoms with E-state index >= 15 is 0 Å². The van der Waals surface area contributed by atoms with Gasteiger partial charge < -0.3 is 14.5 Å². The number of carboxylic acid groups (broad SMARTS) is 1. The van der Waals surface area contributed by atoms with Crippen molar-refractivity contribution in [3.8, 4) is 0 Å². The molecule has 2 aromatic rings. The molecule has 0 aliphatic carbocycles. The molecule has 98 valence electrons. The zero-order chi connectivity index (χ0) is 13.0. The van der Waals surface area contributed by atoms with Gasteiger partial charge in [-0.05, 0) is 31.4 Å². The number of nitrogens with zero attached hydrogens (tertiary/aromatic N) is 2. The molecule has 5 heteroatoms. The summed E-state index contributed by atoms with van der Waals surface area (Å²) < 4.78 is 5.34. The summed E-state index contributed by atoms with van der Waals surface area (Å²) in [5.41, 5.74) is 0.760. The number of aromatic nitrogens is 1. The molecule has 2 bridgehead atoms. The fourth-order valence-corrected chi connectivity index (χ4v) is 3.64. The third-order valence-electron chi connectivity index (χ3n) is 4.46. The van der Waals surface area contributed by atoms with Gasteiger partial charge >= 0.3 is 5.97 Å². The number of para-hydroxylation sites is 1. The maximum atomic E-state index is 11.3. The Morgan fingerprint density at radius 2 is 2.21 bits per heavy atom. The van der Waals surface area contributed by atoms with E-state index in [9.17, 15) is 9.90 Å². The SMILES string of the molecule is O=C(O)C1CC2CCC1N2c1noc2ccccc12. The monoisotopic (exact) mass is 258 g/mol. The molecule has 19 heavy (non-hydrogen) atoms. The van der Waals surface area contributed by atoms with Gasteiger partial charge in [-0.3, -0.25) is 4.79 Å². The molecule has 2 saturated heterocycles. The summed E-state index contributed by atoms with van der Waals surface area (Å²) in [5, 5.41) is 14.4. The van der Waals surface area contributed by atoms with E-state index in [1.807, 2.05) is 24.3 Å². The van der Waals surface area contributed by atoms with Gasteiger partial charge in [0.2, 0.25) is 0 Å². The lowest BCUT2D eigenvalue weighted by atomic mass is 9.89. The van der Waals surface area contributed by atoms with Crippen molar-refractivity contribution in [2.45, 2.75) is 31.3 Å². The molecule has 5 nitrogen and oxygen atoms in total. The van der Waals surface area contributed by atoms with E-state index in [2.05, 4.69) is 10.1 Å². The first kappa shape index (κ1) is 10.8. The summed E-state index contributed by atoms with van der Waals surface area (Å²) in [7, 11) is 0. The maximum Gasteiger partial charge on any atom is 0.308 e. The number of aliphatic carboxylic acids is 1.